The molecule has 3 amide bonds. The maximum absolute atomic E-state index is 13.3. The van der Waals surface area contributed by atoms with Crippen molar-refractivity contribution in [2.24, 2.45) is 11.7 Å². The Hall–Kier alpha value is -4.91. The molecule has 0 saturated carbocycles. The molecule has 1 aromatic heterocycles. The predicted molar refractivity (Wildman–Crippen MR) is 157 cm³/mol. The molecule has 1 heterocycles. The predicted octanol–water partition coefficient (Wildman–Crippen LogP) is 1.05. The van der Waals surface area contributed by atoms with Gasteiger partial charge in [0.2, 0.25) is 17.7 Å². The molecule has 0 bridgehead atoms. The highest BCUT2D eigenvalue weighted by Gasteiger charge is 2.33. The number of aromatic nitrogens is 1. The van der Waals surface area contributed by atoms with Crippen molar-refractivity contribution in [2.45, 2.75) is 63.7 Å². The summed E-state index contributed by atoms with van der Waals surface area (Å²) in [5.74, 6) is -5.56. The number of H-pyrrole nitrogens is 1. The molecule has 2 aromatic carbocycles. The standard InChI is InChI=1S/C30H37N5O8/c1-3-16(2)26(35-27(39)21(31)12-17-8-10-19(36)11-9-17)29(41)33-23(14-25(37)38)28(40)34-24(30(42)43)13-18-15-32-22-7-5-4-6-20(18)22/h4-11,15-16,21,23-24,26,32,36H,3,12-14,31H2,1-2H3,(H,33,41)(H,34,40)(H,35,39)(H,37,38)(H,42,43). The molecule has 0 fully saturated rings. The molecule has 0 aliphatic rings. The van der Waals surface area contributed by atoms with Gasteiger partial charge in [-0.25, -0.2) is 4.79 Å². The first-order valence-electron chi connectivity index (χ1n) is 13.8. The number of hydrogen-bond donors (Lipinski definition) is 8. The number of carboxylic acids is 2. The van der Waals surface area contributed by atoms with Gasteiger partial charge in [-0.2, -0.15) is 0 Å². The number of rotatable bonds is 15. The number of aromatic hydroxyl groups is 1. The van der Waals surface area contributed by atoms with Crippen molar-refractivity contribution in [3.63, 3.8) is 0 Å². The third-order valence-corrected chi connectivity index (χ3v) is 7.25. The minimum absolute atomic E-state index is 0.0582. The molecular weight excluding hydrogens is 558 g/mol. The van der Waals surface area contributed by atoms with Crippen LogP contribution in [0.3, 0.4) is 0 Å². The van der Waals surface area contributed by atoms with Gasteiger partial charge in [-0.05, 0) is 41.7 Å². The molecule has 0 spiro atoms. The fourth-order valence-corrected chi connectivity index (χ4v) is 4.58. The number of carboxylic acid groups (broad SMARTS) is 2. The molecule has 5 atom stereocenters. The van der Waals surface area contributed by atoms with Crippen molar-refractivity contribution >= 4 is 40.6 Å². The molecule has 3 rings (SSSR count). The van der Waals surface area contributed by atoms with Gasteiger partial charge < -0.3 is 42.0 Å². The Morgan fingerprint density at radius 2 is 1.51 bits per heavy atom. The van der Waals surface area contributed by atoms with E-state index in [1.807, 2.05) is 12.1 Å². The number of amides is 3. The fraction of sp³-hybridized carbons (Fsp3) is 0.367. The van der Waals surface area contributed by atoms with Crippen molar-refractivity contribution in [3.8, 4) is 5.75 Å². The van der Waals surface area contributed by atoms with Crippen LogP contribution in [0.4, 0.5) is 0 Å². The van der Waals surface area contributed by atoms with Crippen molar-refractivity contribution in [2.75, 3.05) is 0 Å². The highest BCUT2D eigenvalue weighted by Crippen LogP contribution is 2.19. The van der Waals surface area contributed by atoms with Crippen LogP contribution in [0.25, 0.3) is 10.9 Å². The molecule has 230 valence electrons. The van der Waals surface area contributed by atoms with Gasteiger partial charge in [0.15, 0.2) is 0 Å². The molecule has 0 saturated heterocycles. The van der Waals surface area contributed by atoms with Crippen LogP contribution in [0.15, 0.2) is 54.7 Å². The van der Waals surface area contributed by atoms with E-state index in [-0.39, 0.29) is 18.6 Å². The molecule has 3 aromatic rings. The third kappa shape index (κ3) is 9.04. The number of para-hydroxylation sites is 1. The quantitative estimate of drug-likeness (QED) is 0.125. The average molecular weight is 596 g/mol. The van der Waals surface area contributed by atoms with E-state index in [1.54, 1.807) is 44.3 Å². The van der Waals surface area contributed by atoms with Gasteiger partial charge in [0.1, 0.15) is 23.9 Å². The second-order valence-corrected chi connectivity index (χ2v) is 10.5. The summed E-state index contributed by atoms with van der Waals surface area (Å²) < 4.78 is 0. The Morgan fingerprint density at radius 3 is 2.14 bits per heavy atom. The minimum Gasteiger partial charge on any atom is -0.508 e. The van der Waals surface area contributed by atoms with E-state index in [4.69, 9.17) is 5.73 Å². The number of nitrogens with two attached hydrogens (primary N) is 1. The lowest BCUT2D eigenvalue weighted by atomic mass is 9.96. The zero-order valence-electron chi connectivity index (χ0n) is 23.9. The monoisotopic (exact) mass is 595 g/mol. The summed E-state index contributed by atoms with van der Waals surface area (Å²) >= 11 is 0. The van der Waals surface area contributed by atoms with Crippen LogP contribution in [0, 0.1) is 5.92 Å². The lowest BCUT2D eigenvalue weighted by Gasteiger charge is -2.27. The van der Waals surface area contributed by atoms with E-state index in [0.717, 1.165) is 10.9 Å². The lowest BCUT2D eigenvalue weighted by Crippen LogP contribution is -2.59. The SMILES string of the molecule is CCC(C)C(NC(=O)C(N)Cc1ccc(O)cc1)C(=O)NC(CC(=O)O)C(=O)NC(Cc1c[nH]c2ccccc12)C(=O)O. The van der Waals surface area contributed by atoms with E-state index >= 15 is 0 Å². The number of hydrogen-bond acceptors (Lipinski definition) is 7. The summed E-state index contributed by atoms with van der Waals surface area (Å²) in [6.07, 6.45) is 1.29. The first kappa shape index (κ1) is 32.6. The fourth-order valence-electron chi connectivity index (χ4n) is 4.58. The molecular formula is C30H37N5O8. The van der Waals surface area contributed by atoms with E-state index in [9.17, 15) is 39.3 Å². The van der Waals surface area contributed by atoms with Crippen LogP contribution in [0.5, 0.6) is 5.75 Å². The van der Waals surface area contributed by atoms with E-state index < -0.39 is 66.2 Å². The van der Waals surface area contributed by atoms with Crippen LogP contribution in [0.2, 0.25) is 0 Å². The number of nitrogens with one attached hydrogen (secondary N) is 4. The van der Waals surface area contributed by atoms with Crippen molar-refractivity contribution < 1.29 is 39.3 Å². The summed E-state index contributed by atoms with van der Waals surface area (Å²) in [6, 6.07) is 8.13. The number of aliphatic carboxylic acids is 2. The summed E-state index contributed by atoms with van der Waals surface area (Å²) in [5.41, 5.74) is 8.16. The molecule has 0 aliphatic heterocycles. The zero-order chi connectivity index (χ0) is 31.7. The smallest absolute Gasteiger partial charge is 0.326 e. The molecule has 43 heavy (non-hydrogen) atoms. The average Bonchev–Trinajstić information content (AvgIpc) is 3.38. The number of carbonyl (C=O) groups excluding carboxylic acids is 3. The second kappa shape index (κ2) is 14.8. The lowest BCUT2D eigenvalue weighted by molar-refractivity contribution is -0.143. The molecule has 13 nitrogen and oxygen atoms in total. The van der Waals surface area contributed by atoms with Gasteiger partial charge >= 0.3 is 11.9 Å². The molecule has 0 aliphatic carbocycles. The Kier molecular flexibility index (Phi) is 11.2. The van der Waals surface area contributed by atoms with Gasteiger partial charge in [0.05, 0.1) is 12.5 Å². The van der Waals surface area contributed by atoms with Gasteiger partial charge in [-0.1, -0.05) is 50.6 Å². The number of carbonyl (C=O) groups is 5. The highest BCUT2D eigenvalue weighted by molar-refractivity contribution is 5.96. The van der Waals surface area contributed by atoms with Gasteiger partial charge in [0.25, 0.3) is 0 Å². The number of fused-ring (bicyclic) bond motifs is 1. The molecule has 9 N–H and O–H groups in total. The van der Waals surface area contributed by atoms with Crippen LogP contribution < -0.4 is 21.7 Å². The van der Waals surface area contributed by atoms with Gasteiger partial charge in [-0.3, -0.25) is 19.2 Å². The first-order valence-corrected chi connectivity index (χ1v) is 13.8. The number of aromatic amines is 1. The van der Waals surface area contributed by atoms with Crippen molar-refractivity contribution in [3.05, 3.63) is 65.9 Å². The molecule has 0 radical (unpaired) electrons. The number of phenols is 1. The summed E-state index contributed by atoms with van der Waals surface area (Å²) in [7, 11) is 0. The normalized spacial score (nSPS) is 14.6. The van der Waals surface area contributed by atoms with Crippen molar-refractivity contribution in [1.29, 1.82) is 0 Å². The Labute approximate surface area is 247 Å². The third-order valence-electron chi connectivity index (χ3n) is 7.25. The molecule has 5 unspecified atom stereocenters. The number of benzene rings is 2. The summed E-state index contributed by atoms with van der Waals surface area (Å²) in [5, 5.41) is 36.8. The van der Waals surface area contributed by atoms with Crippen LogP contribution in [-0.2, 0) is 36.8 Å². The van der Waals surface area contributed by atoms with E-state index in [0.29, 0.717) is 17.5 Å². The summed E-state index contributed by atoms with van der Waals surface area (Å²) in [6.45, 7) is 3.49. The minimum atomic E-state index is -1.62. The number of phenolic OH excluding ortho intramolecular Hbond substituents is 1. The Morgan fingerprint density at radius 1 is 0.860 bits per heavy atom. The van der Waals surface area contributed by atoms with Crippen molar-refractivity contribution in [1.82, 2.24) is 20.9 Å². The Balaban J connectivity index is 1.72. The van der Waals surface area contributed by atoms with Crippen LogP contribution >= 0.6 is 0 Å². The highest BCUT2D eigenvalue weighted by atomic mass is 16.4. The Bertz CT molecular complexity index is 1450. The summed E-state index contributed by atoms with van der Waals surface area (Å²) in [4.78, 5) is 66.0. The largest absolute Gasteiger partial charge is 0.508 e. The van der Waals surface area contributed by atoms with Crippen LogP contribution in [-0.4, -0.2) is 74.1 Å². The van der Waals surface area contributed by atoms with E-state index in [2.05, 4.69) is 20.9 Å². The van der Waals surface area contributed by atoms with Gasteiger partial charge in [0, 0.05) is 23.5 Å². The maximum atomic E-state index is 13.3. The maximum Gasteiger partial charge on any atom is 0.326 e. The topological polar surface area (TPSA) is 224 Å². The molecule has 13 heteroatoms. The second-order valence-electron chi connectivity index (χ2n) is 10.5. The van der Waals surface area contributed by atoms with E-state index in [1.165, 1.54) is 12.1 Å². The first-order chi connectivity index (χ1) is 20.4. The van der Waals surface area contributed by atoms with Crippen LogP contribution in [0.1, 0.15) is 37.8 Å². The van der Waals surface area contributed by atoms with Gasteiger partial charge in [-0.15, -0.1) is 0 Å². The zero-order valence-corrected chi connectivity index (χ0v) is 23.9.